The molecule has 0 radical (unpaired) electrons. The first kappa shape index (κ1) is 20.6. The van der Waals surface area contributed by atoms with Crippen LogP contribution >= 0.6 is 23.5 Å². The van der Waals surface area contributed by atoms with Gasteiger partial charge in [0.2, 0.25) is 0 Å². The molecule has 0 amide bonds. The molecule has 5 nitrogen and oxygen atoms in total. The molecule has 1 aliphatic heterocycles. The van der Waals surface area contributed by atoms with E-state index in [2.05, 4.69) is 41.7 Å². The van der Waals surface area contributed by atoms with Crippen molar-refractivity contribution in [3.63, 3.8) is 0 Å². The average Bonchev–Trinajstić information content (AvgIpc) is 3.49. The molecule has 0 unspecified atom stereocenters. The molecule has 1 aliphatic carbocycles. The van der Waals surface area contributed by atoms with E-state index in [4.69, 9.17) is 14.7 Å². The van der Waals surface area contributed by atoms with Gasteiger partial charge < -0.3 is 10.1 Å². The maximum absolute atomic E-state index is 12.2. The number of methoxy groups -OCH3 is 1. The van der Waals surface area contributed by atoms with E-state index >= 15 is 0 Å². The van der Waals surface area contributed by atoms with Gasteiger partial charge in [-0.25, -0.2) is 9.97 Å². The second-order valence-corrected chi connectivity index (χ2v) is 11.2. The van der Waals surface area contributed by atoms with E-state index in [0.29, 0.717) is 11.1 Å². The standard InChI is InChI=1S/C24H25N3O2S2/c1-24(2,22(28)29-3)31-23-26-19-12-13-30-20(19)21(27-23)25-18-11-10-15(14-8-9-14)16-6-4-5-7-17(16)18/h4-7,10-11,14H,8-9,12-13H2,1-3H3,(H,25,26,27). The summed E-state index contributed by atoms with van der Waals surface area (Å²) < 4.78 is 4.20. The number of ether oxygens (including phenoxy) is 1. The summed E-state index contributed by atoms with van der Waals surface area (Å²) >= 11 is 3.13. The molecule has 1 N–H and O–H groups in total. The summed E-state index contributed by atoms with van der Waals surface area (Å²) in [6.45, 7) is 3.68. The minimum atomic E-state index is -0.759. The predicted molar refractivity (Wildman–Crippen MR) is 128 cm³/mol. The van der Waals surface area contributed by atoms with E-state index in [0.717, 1.165) is 34.3 Å². The number of benzene rings is 2. The highest BCUT2D eigenvalue weighted by Crippen LogP contribution is 2.45. The summed E-state index contributed by atoms with van der Waals surface area (Å²) in [7, 11) is 1.41. The monoisotopic (exact) mass is 451 g/mol. The van der Waals surface area contributed by atoms with Gasteiger partial charge in [0.15, 0.2) is 5.16 Å². The van der Waals surface area contributed by atoms with Gasteiger partial charge in [-0.2, -0.15) is 0 Å². The molecular weight excluding hydrogens is 426 g/mol. The average molecular weight is 452 g/mol. The summed E-state index contributed by atoms with van der Waals surface area (Å²) in [5.74, 6) is 2.22. The van der Waals surface area contributed by atoms with Crippen LogP contribution < -0.4 is 5.32 Å². The van der Waals surface area contributed by atoms with E-state index in [-0.39, 0.29) is 5.97 Å². The Labute approximate surface area is 190 Å². The molecule has 2 aliphatic rings. The van der Waals surface area contributed by atoms with Crippen molar-refractivity contribution in [1.29, 1.82) is 0 Å². The molecular formula is C24H25N3O2S2. The summed E-state index contributed by atoms with van der Waals surface area (Å²) in [4.78, 5) is 22.9. The zero-order valence-corrected chi connectivity index (χ0v) is 19.5. The Morgan fingerprint density at radius 3 is 2.68 bits per heavy atom. The van der Waals surface area contributed by atoms with E-state index in [1.165, 1.54) is 48.0 Å². The van der Waals surface area contributed by atoms with Crippen LogP contribution in [-0.2, 0) is 16.0 Å². The quantitative estimate of drug-likeness (QED) is 0.282. The van der Waals surface area contributed by atoms with Crippen molar-refractivity contribution in [1.82, 2.24) is 9.97 Å². The van der Waals surface area contributed by atoms with Crippen LogP contribution in [0.15, 0.2) is 46.5 Å². The number of aryl methyl sites for hydroxylation is 1. The Kier molecular flexibility index (Phi) is 5.34. The summed E-state index contributed by atoms with van der Waals surface area (Å²) in [5.41, 5.74) is 3.54. The van der Waals surface area contributed by atoms with E-state index in [9.17, 15) is 4.79 Å². The first-order valence-corrected chi connectivity index (χ1v) is 12.4. The fourth-order valence-corrected chi connectivity index (χ4v) is 5.96. The molecule has 1 saturated carbocycles. The zero-order chi connectivity index (χ0) is 21.6. The van der Waals surface area contributed by atoms with Crippen LogP contribution in [0.25, 0.3) is 10.8 Å². The van der Waals surface area contributed by atoms with Gasteiger partial charge in [0, 0.05) is 23.2 Å². The number of fused-ring (bicyclic) bond motifs is 2. The maximum atomic E-state index is 12.2. The van der Waals surface area contributed by atoms with Gasteiger partial charge in [-0.3, -0.25) is 4.79 Å². The number of thioether (sulfide) groups is 2. The SMILES string of the molecule is COC(=O)C(C)(C)Sc1nc2c(c(Nc3ccc(C4CC4)c4ccccc34)n1)SCC2. The van der Waals surface area contributed by atoms with E-state index < -0.39 is 4.75 Å². The van der Waals surface area contributed by atoms with Crippen LogP contribution in [0.2, 0.25) is 0 Å². The highest BCUT2D eigenvalue weighted by molar-refractivity contribution is 8.01. The smallest absolute Gasteiger partial charge is 0.321 e. The molecule has 0 atom stereocenters. The Morgan fingerprint density at radius 1 is 1.16 bits per heavy atom. The van der Waals surface area contributed by atoms with Crippen molar-refractivity contribution in [3.05, 3.63) is 47.7 Å². The van der Waals surface area contributed by atoms with Gasteiger partial charge in [0.1, 0.15) is 10.6 Å². The second-order valence-electron chi connectivity index (χ2n) is 8.48. The second kappa shape index (κ2) is 8.02. The minimum absolute atomic E-state index is 0.285. The number of carbonyl (C=O) groups is 1. The predicted octanol–water partition coefficient (Wildman–Crippen LogP) is 5.94. The van der Waals surface area contributed by atoms with Gasteiger partial charge in [0.05, 0.1) is 17.7 Å². The zero-order valence-electron chi connectivity index (χ0n) is 17.9. The molecule has 1 fully saturated rings. The highest BCUT2D eigenvalue weighted by Gasteiger charge is 2.33. The number of anilines is 2. The fraction of sp³-hybridized carbons (Fsp3) is 0.375. The number of aromatic nitrogens is 2. The van der Waals surface area contributed by atoms with Gasteiger partial charge >= 0.3 is 5.97 Å². The number of rotatable bonds is 6. The van der Waals surface area contributed by atoms with Crippen molar-refractivity contribution in [2.45, 2.75) is 53.8 Å². The molecule has 2 aromatic carbocycles. The molecule has 0 saturated heterocycles. The molecule has 7 heteroatoms. The Bertz CT molecular complexity index is 1170. The van der Waals surface area contributed by atoms with Crippen LogP contribution in [0.3, 0.4) is 0 Å². The molecule has 160 valence electrons. The number of hydrogen-bond donors (Lipinski definition) is 1. The van der Waals surface area contributed by atoms with Crippen molar-refractivity contribution < 1.29 is 9.53 Å². The van der Waals surface area contributed by atoms with Crippen molar-refractivity contribution in [2.24, 2.45) is 0 Å². The number of hydrogen-bond acceptors (Lipinski definition) is 7. The summed E-state index contributed by atoms with van der Waals surface area (Å²) in [5, 5.41) is 6.73. The number of esters is 1. The van der Waals surface area contributed by atoms with Crippen LogP contribution in [0.5, 0.6) is 0 Å². The van der Waals surface area contributed by atoms with Crippen molar-refractivity contribution in [3.8, 4) is 0 Å². The maximum Gasteiger partial charge on any atom is 0.321 e. The third-order valence-corrected chi connectivity index (χ3v) is 7.92. The highest BCUT2D eigenvalue weighted by atomic mass is 32.2. The number of nitrogens with one attached hydrogen (secondary N) is 1. The molecule has 5 rings (SSSR count). The Morgan fingerprint density at radius 2 is 1.94 bits per heavy atom. The molecule has 0 spiro atoms. The third-order valence-electron chi connectivity index (χ3n) is 5.75. The Hall–Kier alpha value is -2.25. The first-order valence-electron chi connectivity index (χ1n) is 10.6. The first-order chi connectivity index (χ1) is 15.0. The molecule has 3 aromatic rings. The van der Waals surface area contributed by atoms with Gasteiger partial charge in [0.25, 0.3) is 0 Å². The third kappa shape index (κ3) is 4.01. The molecule has 0 bridgehead atoms. The summed E-state index contributed by atoms with van der Waals surface area (Å²) in [6.07, 6.45) is 3.47. The van der Waals surface area contributed by atoms with Crippen LogP contribution in [0, 0.1) is 0 Å². The van der Waals surface area contributed by atoms with E-state index in [1.807, 2.05) is 13.8 Å². The lowest BCUT2D eigenvalue weighted by Gasteiger charge is -2.20. The van der Waals surface area contributed by atoms with Gasteiger partial charge in [-0.05, 0) is 49.6 Å². The topological polar surface area (TPSA) is 64.1 Å². The molecule has 1 aromatic heterocycles. The lowest BCUT2D eigenvalue weighted by Crippen LogP contribution is -2.29. The minimum Gasteiger partial charge on any atom is -0.468 e. The lowest BCUT2D eigenvalue weighted by atomic mass is 9.99. The van der Waals surface area contributed by atoms with Crippen LogP contribution in [-0.4, -0.2) is 33.5 Å². The van der Waals surface area contributed by atoms with E-state index in [1.54, 1.807) is 11.8 Å². The number of carbonyl (C=O) groups excluding carboxylic acids is 1. The molecule has 2 heterocycles. The van der Waals surface area contributed by atoms with Crippen LogP contribution in [0.1, 0.15) is 43.9 Å². The molecule has 31 heavy (non-hydrogen) atoms. The van der Waals surface area contributed by atoms with Crippen LogP contribution in [0.4, 0.5) is 11.5 Å². The fourth-order valence-electron chi connectivity index (χ4n) is 4.00. The van der Waals surface area contributed by atoms with Gasteiger partial charge in [-0.1, -0.05) is 42.1 Å². The number of nitrogens with zero attached hydrogens (tertiary/aromatic N) is 2. The Balaban J connectivity index is 1.53. The summed E-state index contributed by atoms with van der Waals surface area (Å²) in [6, 6.07) is 13.0. The lowest BCUT2D eigenvalue weighted by molar-refractivity contribution is -0.142. The normalized spacial score (nSPS) is 15.7. The van der Waals surface area contributed by atoms with Crippen molar-refractivity contribution in [2.75, 3.05) is 18.2 Å². The largest absolute Gasteiger partial charge is 0.468 e. The van der Waals surface area contributed by atoms with Crippen molar-refractivity contribution >= 4 is 51.8 Å². The van der Waals surface area contributed by atoms with Gasteiger partial charge in [-0.15, -0.1) is 11.8 Å².